The van der Waals surface area contributed by atoms with Gasteiger partial charge in [-0.15, -0.1) is 0 Å². The first kappa shape index (κ1) is 15.2. The molecule has 94 valence electrons. The molecule has 7 heteroatoms. The molecule has 0 aromatic heterocycles. The van der Waals surface area contributed by atoms with Gasteiger partial charge in [-0.2, -0.15) is 18.4 Å². The van der Waals surface area contributed by atoms with E-state index in [1.807, 2.05) is 0 Å². The van der Waals surface area contributed by atoms with Gasteiger partial charge in [0, 0.05) is 20.2 Å². The summed E-state index contributed by atoms with van der Waals surface area (Å²) in [4.78, 5) is 0. The molecule has 1 N–H and O–H groups in total. The lowest BCUT2D eigenvalue weighted by Gasteiger charge is -2.13. The lowest BCUT2D eigenvalue weighted by atomic mass is 10.1. The molecule has 0 saturated carbocycles. The minimum Gasteiger partial charge on any atom is -0.382 e. The Labute approximate surface area is 92.3 Å². The summed E-state index contributed by atoms with van der Waals surface area (Å²) in [5, 5.41) is 10.8. The van der Waals surface area contributed by atoms with E-state index in [-0.39, 0.29) is 6.54 Å². The van der Waals surface area contributed by atoms with E-state index in [2.05, 4.69) is 5.32 Å². The summed E-state index contributed by atoms with van der Waals surface area (Å²) in [6.45, 7) is 1.01. The molecule has 0 bridgehead atoms. The Bertz CT molecular complexity index is 216. The molecule has 16 heavy (non-hydrogen) atoms. The smallest absolute Gasteiger partial charge is 0.382 e. The lowest BCUT2D eigenvalue weighted by Crippen LogP contribution is -2.34. The molecule has 1 unspecified atom stereocenters. The van der Waals surface area contributed by atoms with Crippen LogP contribution in [0.25, 0.3) is 0 Å². The van der Waals surface area contributed by atoms with Crippen LogP contribution in [0, 0.1) is 17.2 Å². The van der Waals surface area contributed by atoms with Gasteiger partial charge in [-0.25, -0.2) is 0 Å². The van der Waals surface area contributed by atoms with E-state index in [0.29, 0.717) is 19.8 Å². The number of alkyl halides is 3. The first-order chi connectivity index (χ1) is 7.52. The van der Waals surface area contributed by atoms with Gasteiger partial charge in [0.15, 0.2) is 5.92 Å². The van der Waals surface area contributed by atoms with Crippen molar-refractivity contribution in [1.29, 1.82) is 5.26 Å². The van der Waals surface area contributed by atoms with Crippen molar-refractivity contribution in [3.63, 3.8) is 0 Å². The average Bonchev–Trinajstić information content (AvgIpc) is 2.20. The Hall–Kier alpha value is -0.840. The van der Waals surface area contributed by atoms with E-state index in [4.69, 9.17) is 14.7 Å². The third-order valence-corrected chi connectivity index (χ3v) is 1.75. The minimum absolute atomic E-state index is 0.276. The SMILES string of the molecule is COCCOCCNCC(C#N)C(F)(F)F. The van der Waals surface area contributed by atoms with E-state index in [1.54, 1.807) is 0 Å². The van der Waals surface area contributed by atoms with Crippen molar-refractivity contribution >= 4 is 0 Å². The minimum atomic E-state index is -4.47. The van der Waals surface area contributed by atoms with Gasteiger partial charge in [-0.1, -0.05) is 0 Å². The summed E-state index contributed by atoms with van der Waals surface area (Å²) in [6.07, 6.45) is -4.47. The zero-order valence-corrected chi connectivity index (χ0v) is 9.01. The van der Waals surface area contributed by atoms with Crippen LogP contribution in [0.1, 0.15) is 0 Å². The van der Waals surface area contributed by atoms with Crippen LogP contribution >= 0.6 is 0 Å². The molecule has 1 atom stereocenters. The molecule has 0 aliphatic heterocycles. The molecule has 0 aliphatic rings. The molecule has 0 fully saturated rings. The van der Waals surface area contributed by atoms with Crippen molar-refractivity contribution in [3.05, 3.63) is 0 Å². The van der Waals surface area contributed by atoms with Crippen LogP contribution in [0.4, 0.5) is 13.2 Å². The number of hydrogen-bond acceptors (Lipinski definition) is 4. The number of nitrogens with one attached hydrogen (secondary N) is 1. The molecular formula is C9H15F3N2O2. The maximum Gasteiger partial charge on any atom is 0.405 e. The highest BCUT2D eigenvalue weighted by molar-refractivity contribution is 4.89. The van der Waals surface area contributed by atoms with Crippen LogP contribution in [0.2, 0.25) is 0 Å². The van der Waals surface area contributed by atoms with Gasteiger partial charge in [-0.3, -0.25) is 0 Å². The highest BCUT2D eigenvalue weighted by Gasteiger charge is 2.39. The van der Waals surface area contributed by atoms with Gasteiger partial charge in [0.2, 0.25) is 0 Å². The van der Waals surface area contributed by atoms with Crippen LogP contribution in [0.15, 0.2) is 0 Å². The molecule has 0 saturated heterocycles. The highest BCUT2D eigenvalue weighted by Crippen LogP contribution is 2.24. The predicted molar refractivity (Wildman–Crippen MR) is 50.7 cm³/mol. The molecule has 0 amide bonds. The number of nitriles is 1. The van der Waals surface area contributed by atoms with Gasteiger partial charge in [0.25, 0.3) is 0 Å². The van der Waals surface area contributed by atoms with Crippen LogP contribution in [0.3, 0.4) is 0 Å². The second-order valence-corrected chi connectivity index (χ2v) is 3.03. The predicted octanol–water partition coefficient (Wildman–Crippen LogP) is 0.941. The van der Waals surface area contributed by atoms with Crippen molar-refractivity contribution in [2.24, 2.45) is 5.92 Å². The molecule has 0 spiro atoms. The Morgan fingerprint density at radius 3 is 2.50 bits per heavy atom. The van der Waals surface area contributed by atoms with Gasteiger partial charge in [0.05, 0.1) is 25.9 Å². The molecule has 0 radical (unpaired) electrons. The molecule has 0 rings (SSSR count). The van der Waals surface area contributed by atoms with E-state index < -0.39 is 18.6 Å². The third kappa shape index (κ3) is 7.45. The highest BCUT2D eigenvalue weighted by atomic mass is 19.4. The van der Waals surface area contributed by atoms with Crippen LogP contribution in [-0.4, -0.2) is 46.2 Å². The largest absolute Gasteiger partial charge is 0.405 e. The normalized spacial score (nSPS) is 13.4. The fourth-order valence-electron chi connectivity index (χ4n) is 0.870. The first-order valence-corrected chi connectivity index (χ1v) is 4.76. The summed E-state index contributed by atoms with van der Waals surface area (Å²) in [5.41, 5.74) is 0. The van der Waals surface area contributed by atoms with Crippen molar-refractivity contribution in [2.45, 2.75) is 6.18 Å². The average molecular weight is 240 g/mol. The Kier molecular flexibility index (Phi) is 7.89. The second-order valence-electron chi connectivity index (χ2n) is 3.03. The standard InChI is InChI=1S/C9H15F3N2O2/c1-15-4-5-16-3-2-14-7-8(6-13)9(10,11)12/h8,14H,2-5,7H2,1H3. The van der Waals surface area contributed by atoms with Gasteiger partial charge in [-0.05, 0) is 0 Å². The molecular weight excluding hydrogens is 225 g/mol. The molecule has 0 aliphatic carbocycles. The van der Waals surface area contributed by atoms with Gasteiger partial charge < -0.3 is 14.8 Å². The monoisotopic (exact) mass is 240 g/mol. The maximum atomic E-state index is 12.1. The van der Waals surface area contributed by atoms with Gasteiger partial charge >= 0.3 is 6.18 Å². The summed E-state index contributed by atoms with van der Waals surface area (Å²) in [7, 11) is 1.53. The zero-order chi connectivity index (χ0) is 12.4. The lowest BCUT2D eigenvalue weighted by molar-refractivity contribution is -0.157. The summed E-state index contributed by atoms with van der Waals surface area (Å²) in [5.74, 6) is -1.97. The van der Waals surface area contributed by atoms with E-state index in [0.717, 1.165) is 0 Å². The first-order valence-electron chi connectivity index (χ1n) is 4.76. The summed E-state index contributed by atoms with van der Waals surface area (Å²) in [6, 6.07) is 1.20. The Balaban J connectivity index is 3.47. The fourth-order valence-corrected chi connectivity index (χ4v) is 0.870. The number of hydrogen-bond donors (Lipinski definition) is 1. The van der Waals surface area contributed by atoms with E-state index >= 15 is 0 Å². The second kappa shape index (κ2) is 8.33. The van der Waals surface area contributed by atoms with Crippen LogP contribution in [-0.2, 0) is 9.47 Å². The number of ether oxygens (including phenoxy) is 2. The van der Waals surface area contributed by atoms with Crippen LogP contribution < -0.4 is 5.32 Å². The molecule has 0 aromatic carbocycles. The maximum absolute atomic E-state index is 12.1. The number of nitrogens with zero attached hydrogens (tertiary/aromatic N) is 1. The van der Waals surface area contributed by atoms with Crippen molar-refractivity contribution < 1.29 is 22.6 Å². The summed E-state index contributed by atoms with van der Waals surface area (Å²) < 4.78 is 46.0. The Morgan fingerprint density at radius 2 is 2.00 bits per heavy atom. The molecule has 4 nitrogen and oxygen atoms in total. The fraction of sp³-hybridized carbons (Fsp3) is 0.889. The van der Waals surface area contributed by atoms with Gasteiger partial charge in [0.1, 0.15) is 0 Å². The third-order valence-electron chi connectivity index (χ3n) is 1.75. The van der Waals surface area contributed by atoms with E-state index in [9.17, 15) is 13.2 Å². The number of methoxy groups -OCH3 is 1. The van der Waals surface area contributed by atoms with Crippen molar-refractivity contribution in [2.75, 3.05) is 40.0 Å². The topological polar surface area (TPSA) is 54.3 Å². The van der Waals surface area contributed by atoms with Crippen molar-refractivity contribution in [1.82, 2.24) is 5.32 Å². The number of rotatable bonds is 8. The Morgan fingerprint density at radius 1 is 1.31 bits per heavy atom. The van der Waals surface area contributed by atoms with E-state index in [1.165, 1.54) is 13.2 Å². The number of halogens is 3. The van der Waals surface area contributed by atoms with Crippen LogP contribution in [0.5, 0.6) is 0 Å². The quantitative estimate of drug-likeness (QED) is 0.641. The van der Waals surface area contributed by atoms with Crippen molar-refractivity contribution in [3.8, 4) is 6.07 Å². The zero-order valence-electron chi connectivity index (χ0n) is 9.01. The molecule has 0 aromatic rings. The molecule has 0 heterocycles. The summed E-state index contributed by atoms with van der Waals surface area (Å²) >= 11 is 0.